The van der Waals surface area contributed by atoms with Crippen molar-refractivity contribution in [3.05, 3.63) is 89.7 Å². The monoisotopic (exact) mass is 442 g/mol. The summed E-state index contributed by atoms with van der Waals surface area (Å²) in [6.45, 7) is 2.39. The number of rotatable bonds is 5. The maximum absolute atomic E-state index is 14.1. The molecule has 5 rings (SSSR count). The van der Waals surface area contributed by atoms with Gasteiger partial charge in [-0.1, -0.05) is 60.7 Å². The number of likely N-dealkylation sites (tertiary alicyclic amines) is 2. The minimum absolute atomic E-state index is 0.0594. The zero-order valence-electron chi connectivity index (χ0n) is 19.1. The normalized spacial score (nSPS) is 22.8. The quantitative estimate of drug-likeness (QED) is 0.609. The van der Waals surface area contributed by atoms with Crippen LogP contribution < -0.4 is 0 Å². The fraction of sp³-hybridized carbons (Fsp3) is 0.370. The van der Waals surface area contributed by atoms with Crippen molar-refractivity contribution in [2.24, 2.45) is 12.5 Å². The number of aromatic nitrogens is 2. The molecule has 1 spiro atoms. The topological polar surface area (TPSA) is 58.4 Å². The lowest BCUT2D eigenvalue weighted by Gasteiger charge is -2.42. The average Bonchev–Trinajstić information content (AvgIpc) is 3.42. The maximum Gasteiger partial charge on any atom is 0.231 e. The molecule has 0 bridgehead atoms. The molecule has 33 heavy (non-hydrogen) atoms. The SMILES string of the molecule is Cn1nccc1[C@@H]1CN(C(=O)Cc2ccccc2)C[C@]12CCCN(Cc1ccccc1)C2=O. The third-order valence-corrected chi connectivity index (χ3v) is 7.29. The van der Waals surface area contributed by atoms with Gasteiger partial charge in [-0.25, -0.2) is 0 Å². The second kappa shape index (κ2) is 8.85. The summed E-state index contributed by atoms with van der Waals surface area (Å²) in [5, 5.41) is 4.38. The number of hydrogen-bond donors (Lipinski definition) is 0. The third kappa shape index (κ3) is 4.06. The van der Waals surface area contributed by atoms with Crippen LogP contribution >= 0.6 is 0 Å². The molecule has 6 heteroatoms. The molecule has 3 heterocycles. The minimum atomic E-state index is -0.604. The van der Waals surface area contributed by atoms with Crippen LogP contribution in [0.25, 0.3) is 0 Å². The molecule has 1 aromatic heterocycles. The maximum atomic E-state index is 14.1. The first-order chi connectivity index (χ1) is 16.1. The summed E-state index contributed by atoms with van der Waals surface area (Å²) >= 11 is 0. The Balaban J connectivity index is 1.44. The van der Waals surface area contributed by atoms with Crippen molar-refractivity contribution in [3.63, 3.8) is 0 Å². The Kier molecular flexibility index (Phi) is 5.75. The molecule has 6 nitrogen and oxygen atoms in total. The predicted molar refractivity (Wildman–Crippen MR) is 126 cm³/mol. The lowest BCUT2D eigenvalue weighted by atomic mass is 9.70. The van der Waals surface area contributed by atoms with Crippen LogP contribution in [0.3, 0.4) is 0 Å². The molecule has 3 aromatic rings. The van der Waals surface area contributed by atoms with E-state index >= 15 is 0 Å². The first-order valence-electron chi connectivity index (χ1n) is 11.7. The number of aryl methyl sites for hydroxylation is 1. The molecule has 2 aromatic carbocycles. The van der Waals surface area contributed by atoms with E-state index in [1.54, 1.807) is 6.20 Å². The molecule has 2 aliphatic heterocycles. The highest BCUT2D eigenvalue weighted by atomic mass is 16.2. The second-order valence-electron chi connectivity index (χ2n) is 9.34. The van der Waals surface area contributed by atoms with Crippen LogP contribution in [0, 0.1) is 5.41 Å². The van der Waals surface area contributed by atoms with E-state index in [-0.39, 0.29) is 17.7 Å². The van der Waals surface area contributed by atoms with E-state index in [0.717, 1.165) is 36.2 Å². The van der Waals surface area contributed by atoms with Gasteiger partial charge in [-0.15, -0.1) is 0 Å². The minimum Gasteiger partial charge on any atom is -0.341 e. The highest BCUT2D eigenvalue weighted by Crippen LogP contribution is 2.49. The van der Waals surface area contributed by atoms with E-state index in [0.29, 0.717) is 26.1 Å². The summed E-state index contributed by atoms with van der Waals surface area (Å²) in [5.74, 6) is 0.188. The summed E-state index contributed by atoms with van der Waals surface area (Å²) in [7, 11) is 1.92. The van der Waals surface area contributed by atoms with E-state index in [1.807, 2.05) is 76.1 Å². The predicted octanol–water partition coefficient (Wildman–Crippen LogP) is 3.40. The van der Waals surface area contributed by atoms with Crippen molar-refractivity contribution in [3.8, 4) is 0 Å². The van der Waals surface area contributed by atoms with E-state index < -0.39 is 5.41 Å². The van der Waals surface area contributed by atoms with Gasteiger partial charge >= 0.3 is 0 Å². The van der Waals surface area contributed by atoms with Crippen LogP contribution in [-0.4, -0.2) is 51.0 Å². The molecule has 0 radical (unpaired) electrons. The first-order valence-corrected chi connectivity index (χ1v) is 11.7. The van der Waals surface area contributed by atoms with Gasteiger partial charge < -0.3 is 9.80 Å². The van der Waals surface area contributed by atoms with E-state index in [1.165, 1.54) is 0 Å². The van der Waals surface area contributed by atoms with E-state index in [4.69, 9.17) is 0 Å². The average molecular weight is 443 g/mol. The van der Waals surface area contributed by atoms with Crippen LogP contribution in [0.2, 0.25) is 0 Å². The van der Waals surface area contributed by atoms with Crippen molar-refractivity contribution in [2.75, 3.05) is 19.6 Å². The van der Waals surface area contributed by atoms with Gasteiger partial charge in [0.1, 0.15) is 0 Å². The summed E-state index contributed by atoms with van der Waals surface area (Å²) in [6.07, 6.45) is 3.87. The Labute approximate surface area is 194 Å². The number of benzene rings is 2. The zero-order chi connectivity index (χ0) is 22.8. The molecule has 2 aliphatic rings. The fourth-order valence-corrected chi connectivity index (χ4v) is 5.62. The van der Waals surface area contributed by atoms with Crippen LogP contribution in [0.1, 0.15) is 35.6 Å². The smallest absolute Gasteiger partial charge is 0.231 e. The molecular weight excluding hydrogens is 412 g/mol. The number of carbonyl (C=O) groups excluding carboxylic acids is 2. The lowest BCUT2D eigenvalue weighted by molar-refractivity contribution is -0.147. The molecule has 2 saturated heterocycles. The molecule has 0 unspecified atom stereocenters. The van der Waals surface area contributed by atoms with Crippen LogP contribution in [0.4, 0.5) is 0 Å². The van der Waals surface area contributed by atoms with Crippen molar-refractivity contribution >= 4 is 11.8 Å². The van der Waals surface area contributed by atoms with Crippen LogP contribution in [0.5, 0.6) is 0 Å². The number of amides is 2. The Morgan fingerprint density at radius 2 is 1.73 bits per heavy atom. The highest BCUT2D eigenvalue weighted by Gasteiger charge is 2.56. The first kappa shape index (κ1) is 21.4. The number of nitrogens with zero attached hydrogens (tertiary/aromatic N) is 4. The second-order valence-corrected chi connectivity index (χ2v) is 9.34. The summed E-state index contributed by atoms with van der Waals surface area (Å²) in [5.41, 5.74) is 2.56. The number of piperidine rings is 1. The van der Waals surface area contributed by atoms with Crippen molar-refractivity contribution < 1.29 is 9.59 Å². The van der Waals surface area contributed by atoms with Crippen LogP contribution in [-0.2, 0) is 29.6 Å². The van der Waals surface area contributed by atoms with Gasteiger partial charge in [-0.3, -0.25) is 14.3 Å². The van der Waals surface area contributed by atoms with Gasteiger partial charge in [0.2, 0.25) is 11.8 Å². The molecule has 0 N–H and O–H groups in total. The van der Waals surface area contributed by atoms with Gasteiger partial charge in [0.05, 0.1) is 11.8 Å². The molecule has 170 valence electrons. The van der Waals surface area contributed by atoms with Crippen molar-refractivity contribution in [1.82, 2.24) is 19.6 Å². The Morgan fingerprint density at radius 1 is 1.03 bits per heavy atom. The van der Waals surface area contributed by atoms with Crippen molar-refractivity contribution in [1.29, 1.82) is 0 Å². The molecular formula is C27H30N4O2. The molecule has 2 fully saturated rings. The largest absolute Gasteiger partial charge is 0.341 e. The molecule has 0 saturated carbocycles. The molecule has 2 amide bonds. The summed E-state index contributed by atoms with van der Waals surface area (Å²) < 4.78 is 1.86. The standard InChI is InChI=1S/C27H30N4O2/c1-29-24(13-15-28-29)23-19-31(25(32)17-21-9-4-2-5-10-21)20-27(23)14-8-16-30(26(27)33)18-22-11-6-3-7-12-22/h2-7,9-13,15,23H,8,14,16-20H2,1H3/t23-,27+/m0/s1. The van der Waals surface area contributed by atoms with Gasteiger partial charge in [0, 0.05) is 51.0 Å². The van der Waals surface area contributed by atoms with E-state index in [9.17, 15) is 9.59 Å². The molecule has 0 aliphatic carbocycles. The van der Waals surface area contributed by atoms with Gasteiger partial charge in [0.25, 0.3) is 0 Å². The highest BCUT2D eigenvalue weighted by molar-refractivity contribution is 5.88. The Morgan fingerprint density at radius 3 is 2.39 bits per heavy atom. The molecule has 2 atom stereocenters. The van der Waals surface area contributed by atoms with Gasteiger partial charge in [-0.2, -0.15) is 5.10 Å². The third-order valence-electron chi connectivity index (χ3n) is 7.29. The lowest BCUT2D eigenvalue weighted by Crippen LogP contribution is -2.52. The zero-order valence-corrected chi connectivity index (χ0v) is 19.1. The van der Waals surface area contributed by atoms with E-state index in [2.05, 4.69) is 17.2 Å². The summed E-state index contributed by atoms with van der Waals surface area (Å²) in [6, 6.07) is 22.0. The number of carbonyl (C=O) groups is 2. The van der Waals surface area contributed by atoms with Crippen molar-refractivity contribution in [2.45, 2.75) is 31.7 Å². The number of hydrogen-bond acceptors (Lipinski definition) is 3. The van der Waals surface area contributed by atoms with Gasteiger partial charge in [-0.05, 0) is 30.0 Å². The fourth-order valence-electron chi connectivity index (χ4n) is 5.62. The Hall–Kier alpha value is -3.41. The Bertz CT molecular complexity index is 1130. The summed E-state index contributed by atoms with van der Waals surface area (Å²) in [4.78, 5) is 31.3. The van der Waals surface area contributed by atoms with Crippen LogP contribution in [0.15, 0.2) is 72.9 Å². The van der Waals surface area contributed by atoms with Gasteiger partial charge in [0.15, 0.2) is 0 Å².